The van der Waals surface area contributed by atoms with Crippen LogP contribution in [0, 0.1) is 36.4 Å². The van der Waals surface area contributed by atoms with Gasteiger partial charge in [0.25, 0.3) is 5.91 Å². The van der Waals surface area contributed by atoms with Crippen molar-refractivity contribution < 1.29 is 13.9 Å². The molecule has 0 spiro atoms. The third-order valence-corrected chi connectivity index (χ3v) is 4.00. The summed E-state index contributed by atoms with van der Waals surface area (Å²) in [5.41, 5.74) is 2.29. The van der Waals surface area contributed by atoms with Crippen LogP contribution in [0.2, 0.25) is 0 Å². The van der Waals surface area contributed by atoms with E-state index in [2.05, 4.69) is 11.2 Å². The van der Waals surface area contributed by atoms with E-state index in [9.17, 15) is 9.18 Å². The highest BCUT2D eigenvalue weighted by molar-refractivity contribution is 6.06. The van der Waals surface area contributed by atoms with Crippen LogP contribution in [-0.2, 0) is 0 Å². The predicted molar refractivity (Wildman–Crippen MR) is 105 cm³/mol. The molecule has 0 saturated carbocycles. The van der Waals surface area contributed by atoms with Gasteiger partial charge < -0.3 is 10.1 Å². The Balaban J connectivity index is 1.95. The maximum atomic E-state index is 13.3. The third-order valence-electron chi connectivity index (χ3n) is 4.00. The summed E-state index contributed by atoms with van der Waals surface area (Å²) in [4.78, 5) is 12.8. The van der Waals surface area contributed by atoms with Crippen molar-refractivity contribution in [2.75, 3.05) is 5.32 Å². The zero-order chi connectivity index (χ0) is 20.1. The van der Waals surface area contributed by atoms with Crippen LogP contribution in [0.15, 0.2) is 60.7 Å². The van der Waals surface area contributed by atoms with Gasteiger partial charge in [0.1, 0.15) is 17.3 Å². The quantitative estimate of drug-likeness (QED) is 0.655. The molecule has 5 heteroatoms. The minimum atomic E-state index is -0.423. The van der Waals surface area contributed by atoms with E-state index in [4.69, 9.17) is 16.4 Å². The van der Waals surface area contributed by atoms with Crippen LogP contribution in [0.1, 0.15) is 27.0 Å². The largest absolute Gasteiger partial charge is 0.456 e. The van der Waals surface area contributed by atoms with Gasteiger partial charge in [-0.25, -0.2) is 4.39 Å². The topological polar surface area (TPSA) is 62.1 Å². The molecule has 0 bridgehead atoms. The summed E-state index contributed by atoms with van der Waals surface area (Å²) in [7, 11) is 0. The number of halogens is 1. The SMILES string of the molecule is C#Cc1ccc(C(=O)Nc2cccc(C#N)c2)c(Oc2ccc(F)cc2C)c1. The number of carbonyl (C=O) groups is 1. The Hall–Kier alpha value is -4.09. The number of hydrogen-bond donors (Lipinski definition) is 1. The second kappa shape index (κ2) is 8.07. The summed E-state index contributed by atoms with van der Waals surface area (Å²) in [5, 5.41) is 11.7. The van der Waals surface area contributed by atoms with Crippen molar-refractivity contribution in [1.29, 1.82) is 5.26 Å². The zero-order valence-electron chi connectivity index (χ0n) is 15.0. The number of nitrogens with zero attached hydrogens (tertiary/aromatic N) is 1. The fourth-order valence-electron chi connectivity index (χ4n) is 2.59. The maximum Gasteiger partial charge on any atom is 0.259 e. The van der Waals surface area contributed by atoms with Crippen LogP contribution in [0.3, 0.4) is 0 Å². The number of amides is 1. The van der Waals surface area contributed by atoms with Crippen LogP contribution in [0.25, 0.3) is 0 Å². The van der Waals surface area contributed by atoms with E-state index in [0.717, 1.165) is 0 Å². The fraction of sp³-hybridized carbons (Fsp3) is 0.0435. The van der Waals surface area contributed by atoms with Gasteiger partial charge in [0.05, 0.1) is 17.2 Å². The number of rotatable bonds is 4. The second-order valence-electron chi connectivity index (χ2n) is 6.01. The summed E-state index contributed by atoms with van der Waals surface area (Å²) in [6.07, 6.45) is 5.46. The molecule has 28 heavy (non-hydrogen) atoms. The molecular formula is C23H15FN2O2. The van der Waals surface area contributed by atoms with Crippen molar-refractivity contribution in [3.63, 3.8) is 0 Å². The van der Waals surface area contributed by atoms with Gasteiger partial charge in [-0.2, -0.15) is 5.26 Å². The minimum Gasteiger partial charge on any atom is -0.456 e. The first-order valence-corrected chi connectivity index (χ1v) is 8.36. The Bertz CT molecular complexity index is 1140. The maximum absolute atomic E-state index is 13.3. The first-order chi connectivity index (χ1) is 13.5. The standard InChI is InChI=1S/C23H15FN2O2/c1-3-16-7-9-20(23(27)26-19-6-4-5-17(12-19)14-25)22(13-16)28-21-10-8-18(24)11-15(21)2/h1,4-13H,2H3,(H,26,27). The van der Waals surface area contributed by atoms with Crippen molar-refractivity contribution >= 4 is 11.6 Å². The number of anilines is 1. The molecule has 3 rings (SSSR count). The van der Waals surface area contributed by atoms with Crippen LogP contribution in [-0.4, -0.2) is 5.91 Å². The Morgan fingerprint density at radius 2 is 1.89 bits per heavy atom. The van der Waals surface area contributed by atoms with E-state index in [0.29, 0.717) is 28.1 Å². The van der Waals surface area contributed by atoms with Crippen LogP contribution in [0.4, 0.5) is 10.1 Å². The normalized spacial score (nSPS) is 9.86. The van der Waals surface area contributed by atoms with Gasteiger partial charge in [-0.05, 0) is 67.1 Å². The van der Waals surface area contributed by atoms with Crippen molar-refractivity contribution in [2.24, 2.45) is 0 Å². The monoisotopic (exact) mass is 370 g/mol. The number of benzene rings is 3. The summed E-state index contributed by atoms with van der Waals surface area (Å²) in [6, 6.07) is 17.5. The molecule has 0 heterocycles. The lowest BCUT2D eigenvalue weighted by atomic mass is 10.1. The van der Waals surface area contributed by atoms with Crippen molar-refractivity contribution in [1.82, 2.24) is 0 Å². The van der Waals surface area contributed by atoms with E-state index in [1.807, 2.05) is 6.07 Å². The van der Waals surface area contributed by atoms with Crippen LogP contribution < -0.4 is 10.1 Å². The van der Waals surface area contributed by atoms with Crippen molar-refractivity contribution in [3.05, 3.63) is 88.7 Å². The molecule has 0 aliphatic carbocycles. The third kappa shape index (κ3) is 4.17. The molecule has 3 aromatic carbocycles. The van der Waals surface area contributed by atoms with Crippen molar-refractivity contribution in [3.8, 4) is 29.9 Å². The number of carbonyl (C=O) groups excluding carboxylic acids is 1. The van der Waals surface area contributed by atoms with Gasteiger partial charge in [0, 0.05) is 11.3 Å². The molecule has 1 N–H and O–H groups in total. The van der Waals surface area contributed by atoms with Gasteiger partial charge in [-0.3, -0.25) is 4.79 Å². The highest BCUT2D eigenvalue weighted by Crippen LogP contribution is 2.30. The zero-order valence-corrected chi connectivity index (χ0v) is 15.0. The molecule has 0 unspecified atom stereocenters. The fourth-order valence-corrected chi connectivity index (χ4v) is 2.59. The van der Waals surface area contributed by atoms with E-state index in [-0.39, 0.29) is 17.1 Å². The molecule has 0 aromatic heterocycles. The Kier molecular flexibility index (Phi) is 5.39. The molecule has 0 atom stereocenters. The Morgan fingerprint density at radius 1 is 1.07 bits per heavy atom. The average molecular weight is 370 g/mol. The summed E-state index contributed by atoms with van der Waals surface area (Å²) < 4.78 is 19.2. The van der Waals surface area contributed by atoms with Gasteiger partial charge in [0.15, 0.2) is 0 Å². The molecule has 3 aromatic rings. The van der Waals surface area contributed by atoms with Crippen LogP contribution in [0.5, 0.6) is 11.5 Å². The van der Waals surface area contributed by atoms with Crippen molar-refractivity contribution in [2.45, 2.75) is 6.92 Å². The van der Waals surface area contributed by atoms with Gasteiger partial charge in [0.2, 0.25) is 0 Å². The number of ether oxygens (including phenoxy) is 1. The molecule has 0 fully saturated rings. The molecule has 0 radical (unpaired) electrons. The lowest BCUT2D eigenvalue weighted by Gasteiger charge is -2.14. The number of hydrogen-bond acceptors (Lipinski definition) is 3. The predicted octanol–water partition coefficient (Wildman–Crippen LogP) is 5.03. The summed E-state index contributed by atoms with van der Waals surface area (Å²) in [6.45, 7) is 1.70. The molecule has 4 nitrogen and oxygen atoms in total. The first kappa shape index (κ1) is 18.7. The lowest BCUT2D eigenvalue weighted by molar-refractivity contribution is 0.102. The average Bonchev–Trinajstić information content (AvgIpc) is 2.70. The molecular weight excluding hydrogens is 355 g/mol. The van der Waals surface area contributed by atoms with Crippen LogP contribution >= 0.6 is 0 Å². The second-order valence-corrected chi connectivity index (χ2v) is 6.01. The number of nitrogens with one attached hydrogen (secondary N) is 1. The molecule has 0 aliphatic rings. The van der Waals surface area contributed by atoms with Gasteiger partial charge in [-0.15, -0.1) is 6.42 Å². The lowest BCUT2D eigenvalue weighted by Crippen LogP contribution is -2.13. The van der Waals surface area contributed by atoms with E-state index >= 15 is 0 Å². The molecule has 0 aliphatic heterocycles. The Labute approximate surface area is 162 Å². The van der Waals surface area contributed by atoms with Gasteiger partial charge >= 0.3 is 0 Å². The highest BCUT2D eigenvalue weighted by atomic mass is 19.1. The Morgan fingerprint density at radius 3 is 2.61 bits per heavy atom. The van der Waals surface area contributed by atoms with E-state index < -0.39 is 5.91 Å². The molecule has 0 saturated heterocycles. The van der Waals surface area contributed by atoms with E-state index in [1.54, 1.807) is 49.4 Å². The van der Waals surface area contributed by atoms with E-state index in [1.165, 1.54) is 18.2 Å². The number of nitriles is 1. The summed E-state index contributed by atoms with van der Waals surface area (Å²) in [5.74, 6) is 2.36. The number of terminal acetylenes is 1. The number of aryl methyl sites for hydroxylation is 1. The molecule has 1 amide bonds. The smallest absolute Gasteiger partial charge is 0.259 e. The highest BCUT2D eigenvalue weighted by Gasteiger charge is 2.15. The minimum absolute atomic E-state index is 0.249. The molecule has 136 valence electrons. The first-order valence-electron chi connectivity index (χ1n) is 8.36. The van der Waals surface area contributed by atoms with Gasteiger partial charge in [-0.1, -0.05) is 12.0 Å². The summed E-state index contributed by atoms with van der Waals surface area (Å²) >= 11 is 0.